The van der Waals surface area contributed by atoms with E-state index in [1.165, 1.54) is 0 Å². The number of aryl methyl sites for hydroxylation is 1. The molecule has 49 heavy (non-hydrogen) atoms. The number of hydrogen-bond acceptors (Lipinski definition) is 4. The molecule has 1 saturated heterocycles. The van der Waals surface area contributed by atoms with E-state index in [4.69, 9.17) is 14.4 Å². The lowest BCUT2D eigenvalue weighted by atomic mass is 9.76. The maximum Gasteiger partial charge on any atom is 0.498 e. The highest BCUT2D eigenvalue weighted by Gasteiger charge is 2.53. The number of benzene rings is 5. The quantitative estimate of drug-likeness (QED) is 0.133. The summed E-state index contributed by atoms with van der Waals surface area (Å²) in [6, 6.07) is 44.5. The highest BCUT2D eigenvalue weighted by Crippen LogP contribution is 2.42. The van der Waals surface area contributed by atoms with Crippen molar-refractivity contribution >= 4 is 18.6 Å². The van der Waals surface area contributed by atoms with Crippen molar-refractivity contribution in [1.82, 2.24) is 9.78 Å². The van der Waals surface area contributed by atoms with Crippen LogP contribution in [0.2, 0.25) is 0 Å². The summed E-state index contributed by atoms with van der Waals surface area (Å²) in [5.41, 5.74) is 6.33. The highest BCUT2D eigenvalue weighted by molar-refractivity contribution is 6.63. The molecule has 244 valence electrons. The minimum atomic E-state index is -0.958. The topological polar surface area (TPSA) is 73.6 Å². The van der Waals surface area contributed by atoms with Crippen molar-refractivity contribution in [1.29, 1.82) is 0 Å². The van der Waals surface area contributed by atoms with E-state index in [0.29, 0.717) is 5.56 Å². The molecule has 0 saturated carbocycles. The van der Waals surface area contributed by atoms with Gasteiger partial charge in [-0.2, -0.15) is 5.10 Å². The van der Waals surface area contributed by atoms with E-state index in [1.54, 1.807) is 12.1 Å². The minimum Gasteiger partial charge on any atom is -0.478 e. The van der Waals surface area contributed by atoms with Crippen LogP contribution in [0, 0.1) is 6.92 Å². The largest absolute Gasteiger partial charge is 0.498 e. The van der Waals surface area contributed by atoms with Crippen molar-refractivity contribution in [3.8, 4) is 22.4 Å². The van der Waals surface area contributed by atoms with Gasteiger partial charge in [-0.05, 0) is 80.1 Å². The number of nitrogens with zero attached hydrogens (tertiary/aromatic N) is 2. The van der Waals surface area contributed by atoms with Gasteiger partial charge in [-0.1, -0.05) is 121 Å². The summed E-state index contributed by atoms with van der Waals surface area (Å²) in [5.74, 6) is -0.958. The molecular weight excluding hydrogens is 607 g/mol. The summed E-state index contributed by atoms with van der Waals surface area (Å²) in [6.07, 6.45) is 2.08. The zero-order valence-electron chi connectivity index (χ0n) is 28.4. The van der Waals surface area contributed by atoms with Crippen LogP contribution >= 0.6 is 0 Å². The molecule has 6 nitrogen and oxygen atoms in total. The van der Waals surface area contributed by atoms with Gasteiger partial charge in [0.2, 0.25) is 0 Å². The van der Waals surface area contributed by atoms with E-state index >= 15 is 0 Å². The Bertz CT molecular complexity index is 2010. The van der Waals surface area contributed by atoms with Crippen LogP contribution in [0.25, 0.3) is 22.4 Å². The fraction of sp³-hybridized carbons (Fsp3) is 0.190. The Morgan fingerprint density at radius 2 is 1.18 bits per heavy atom. The van der Waals surface area contributed by atoms with Gasteiger partial charge in [-0.3, -0.25) is 4.68 Å². The predicted molar refractivity (Wildman–Crippen MR) is 195 cm³/mol. The fourth-order valence-corrected chi connectivity index (χ4v) is 6.88. The van der Waals surface area contributed by atoms with E-state index in [9.17, 15) is 9.90 Å². The Kier molecular flexibility index (Phi) is 8.14. The van der Waals surface area contributed by atoms with Crippen LogP contribution in [0.5, 0.6) is 0 Å². The molecule has 0 bridgehead atoms. The summed E-state index contributed by atoms with van der Waals surface area (Å²) < 4.78 is 15.4. The highest BCUT2D eigenvalue weighted by atomic mass is 16.7. The first-order valence-electron chi connectivity index (χ1n) is 16.6. The van der Waals surface area contributed by atoms with E-state index in [1.807, 2.05) is 49.4 Å². The molecule has 0 spiro atoms. The fourth-order valence-electron chi connectivity index (χ4n) is 6.88. The molecular formula is C42H39BN2O4. The Morgan fingerprint density at radius 1 is 0.694 bits per heavy atom. The Balaban J connectivity index is 1.50. The maximum absolute atomic E-state index is 12.1. The summed E-state index contributed by atoms with van der Waals surface area (Å²) >= 11 is 0. The van der Waals surface area contributed by atoms with Crippen LogP contribution < -0.4 is 5.46 Å². The van der Waals surface area contributed by atoms with E-state index in [0.717, 1.165) is 44.5 Å². The second kappa shape index (κ2) is 12.3. The van der Waals surface area contributed by atoms with Crippen LogP contribution in [0.4, 0.5) is 0 Å². The summed E-state index contributed by atoms with van der Waals surface area (Å²) in [7, 11) is -0.679. The van der Waals surface area contributed by atoms with Crippen molar-refractivity contribution in [2.45, 2.75) is 51.4 Å². The molecule has 2 heterocycles. The summed E-state index contributed by atoms with van der Waals surface area (Å²) in [6.45, 7) is 10.2. The van der Waals surface area contributed by atoms with Gasteiger partial charge >= 0.3 is 13.1 Å². The maximum atomic E-state index is 12.1. The minimum absolute atomic E-state index is 0.263. The zero-order valence-corrected chi connectivity index (χ0v) is 28.4. The molecule has 6 aromatic rings. The standard InChI is InChI=1S/C42H39BN2O4/c1-29-27-30(25-26-34(29)35-23-15-16-24-36(35)39(46)47)38-37(43-48-40(2,3)41(4,5)49-43)28-45(44-38)42(31-17-9-6-10-18-31,32-19-11-7-12-20-32)33-21-13-8-14-22-33/h6-28H,1-5H3,(H,46,47). The first kappa shape index (κ1) is 32.3. The van der Waals surface area contributed by atoms with E-state index in [2.05, 4.69) is 117 Å². The van der Waals surface area contributed by atoms with Crippen LogP contribution in [0.3, 0.4) is 0 Å². The summed E-state index contributed by atoms with van der Waals surface area (Å²) in [4.78, 5) is 12.1. The molecule has 0 amide bonds. The monoisotopic (exact) mass is 646 g/mol. The lowest BCUT2D eigenvalue weighted by Crippen LogP contribution is -2.41. The molecule has 0 aliphatic carbocycles. The normalized spacial score (nSPS) is 15.3. The van der Waals surface area contributed by atoms with Crippen LogP contribution in [-0.4, -0.2) is 39.2 Å². The van der Waals surface area contributed by atoms with Gasteiger partial charge in [0.15, 0.2) is 0 Å². The Morgan fingerprint density at radius 3 is 1.67 bits per heavy atom. The van der Waals surface area contributed by atoms with Crippen molar-refractivity contribution in [2.75, 3.05) is 0 Å². The average molecular weight is 647 g/mol. The van der Waals surface area contributed by atoms with Crippen molar-refractivity contribution in [2.24, 2.45) is 0 Å². The smallest absolute Gasteiger partial charge is 0.478 e. The van der Waals surface area contributed by atoms with Gasteiger partial charge in [-0.25, -0.2) is 4.79 Å². The number of carboxylic acids is 1. The first-order chi connectivity index (χ1) is 23.5. The Hall–Kier alpha value is -5.24. The van der Waals surface area contributed by atoms with Crippen molar-refractivity contribution in [3.05, 3.63) is 167 Å². The molecule has 1 aliphatic heterocycles. The van der Waals surface area contributed by atoms with Gasteiger partial charge in [-0.15, -0.1) is 0 Å². The lowest BCUT2D eigenvalue weighted by molar-refractivity contribution is 0.00578. The van der Waals surface area contributed by atoms with Gasteiger partial charge in [0, 0.05) is 17.2 Å². The second-order valence-corrected chi connectivity index (χ2v) is 13.7. The molecule has 5 aromatic carbocycles. The lowest BCUT2D eigenvalue weighted by Gasteiger charge is -2.36. The second-order valence-electron chi connectivity index (χ2n) is 13.7. The third kappa shape index (κ3) is 5.49. The average Bonchev–Trinajstić information content (AvgIpc) is 3.64. The van der Waals surface area contributed by atoms with E-state index < -0.39 is 29.8 Å². The Labute approximate surface area is 288 Å². The molecule has 0 radical (unpaired) electrons. The number of carbonyl (C=O) groups is 1. The number of aromatic carboxylic acids is 1. The van der Waals surface area contributed by atoms with Crippen molar-refractivity contribution in [3.63, 3.8) is 0 Å². The third-order valence-corrected chi connectivity index (χ3v) is 10.1. The zero-order chi connectivity index (χ0) is 34.4. The molecule has 0 atom stereocenters. The van der Waals surface area contributed by atoms with E-state index in [-0.39, 0.29) is 5.56 Å². The van der Waals surface area contributed by atoms with Gasteiger partial charge in [0.05, 0.1) is 22.5 Å². The molecule has 0 unspecified atom stereocenters. The SMILES string of the molecule is Cc1cc(-c2nn(C(c3ccccc3)(c3ccccc3)c3ccccc3)cc2B2OC(C)(C)C(C)(C)O2)ccc1-c1ccccc1C(=O)O. The van der Waals surface area contributed by atoms with Crippen molar-refractivity contribution < 1.29 is 19.2 Å². The van der Waals surface area contributed by atoms with Crippen LogP contribution in [-0.2, 0) is 14.8 Å². The molecule has 1 aromatic heterocycles. The number of carboxylic acid groups (broad SMARTS) is 1. The third-order valence-electron chi connectivity index (χ3n) is 10.1. The van der Waals surface area contributed by atoms with Crippen LogP contribution in [0.1, 0.15) is 60.3 Å². The number of aromatic nitrogens is 2. The molecule has 1 N–H and O–H groups in total. The predicted octanol–water partition coefficient (Wildman–Crippen LogP) is 8.36. The van der Waals surface area contributed by atoms with Crippen LogP contribution in [0.15, 0.2) is 140 Å². The molecule has 7 heteroatoms. The molecule has 1 aliphatic rings. The number of hydrogen-bond donors (Lipinski definition) is 1. The summed E-state index contributed by atoms with van der Waals surface area (Å²) in [5, 5.41) is 15.4. The van der Waals surface area contributed by atoms with Gasteiger partial charge < -0.3 is 14.4 Å². The molecule has 7 rings (SSSR count). The first-order valence-corrected chi connectivity index (χ1v) is 16.6. The van der Waals surface area contributed by atoms with Gasteiger partial charge in [0.25, 0.3) is 0 Å². The van der Waals surface area contributed by atoms with Gasteiger partial charge in [0.1, 0.15) is 5.54 Å². The number of rotatable bonds is 8. The molecule has 1 fully saturated rings.